The van der Waals surface area contributed by atoms with Gasteiger partial charge in [-0.15, -0.1) is 0 Å². The highest BCUT2D eigenvalue weighted by Crippen LogP contribution is 2.06. The van der Waals surface area contributed by atoms with Crippen molar-refractivity contribution in [2.24, 2.45) is 0 Å². The minimum Gasteiger partial charge on any atom is -0.332 e. The number of rotatable bonds is 8. The summed E-state index contributed by atoms with van der Waals surface area (Å²) in [7, 11) is -3.41. The Bertz CT molecular complexity index is 429. The maximum Gasteiger partial charge on any atom is 0.257 e. The molecular weight excluding hydrogens is 258 g/mol. The van der Waals surface area contributed by atoms with Gasteiger partial charge < -0.3 is 4.98 Å². The highest BCUT2D eigenvalue weighted by atomic mass is 32.2. The van der Waals surface area contributed by atoms with Crippen molar-refractivity contribution >= 4 is 21.8 Å². The average Bonchev–Trinajstić information content (AvgIpc) is 2.78. The lowest BCUT2D eigenvalue weighted by atomic mass is 10.5. The van der Waals surface area contributed by atoms with Crippen molar-refractivity contribution in [3.05, 3.63) is 12.0 Å². The molecule has 0 spiro atoms. The van der Waals surface area contributed by atoms with Crippen LogP contribution in [0.25, 0.3) is 0 Å². The summed E-state index contributed by atoms with van der Waals surface area (Å²) in [6, 6.07) is 0. The second kappa shape index (κ2) is 7.03. The molecule has 0 saturated heterocycles. The molecule has 17 heavy (non-hydrogen) atoms. The average molecular weight is 277 g/mol. The number of aryl methyl sites for hydroxylation is 1. The quantitative estimate of drug-likeness (QED) is 0.704. The second-order valence-electron chi connectivity index (χ2n) is 3.50. The number of H-pyrrole nitrogens is 1. The summed E-state index contributed by atoms with van der Waals surface area (Å²) >= 11 is 1.81. The van der Waals surface area contributed by atoms with Gasteiger partial charge in [-0.1, -0.05) is 13.8 Å². The summed E-state index contributed by atoms with van der Waals surface area (Å²) in [5.74, 6) is 2.72. The van der Waals surface area contributed by atoms with E-state index in [1.165, 1.54) is 6.20 Å². The third-order valence-electron chi connectivity index (χ3n) is 2.19. The Hall–Kier alpha value is -0.530. The topological polar surface area (TPSA) is 74.8 Å². The van der Waals surface area contributed by atoms with Gasteiger partial charge in [0.2, 0.25) is 0 Å². The van der Waals surface area contributed by atoms with E-state index in [0.717, 1.165) is 17.9 Å². The van der Waals surface area contributed by atoms with Gasteiger partial charge in [0.15, 0.2) is 5.03 Å². The Morgan fingerprint density at radius 2 is 2.24 bits per heavy atom. The van der Waals surface area contributed by atoms with Crippen LogP contribution in [0.1, 0.15) is 26.1 Å². The molecule has 0 aliphatic rings. The SMILES string of the molecule is CCSCCCNS(=O)(=O)c1cnc(CC)[nH]1. The van der Waals surface area contributed by atoms with E-state index in [0.29, 0.717) is 18.8 Å². The summed E-state index contributed by atoms with van der Waals surface area (Å²) < 4.78 is 26.2. The largest absolute Gasteiger partial charge is 0.332 e. The van der Waals surface area contributed by atoms with Gasteiger partial charge in [-0.2, -0.15) is 11.8 Å². The fraction of sp³-hybridized carbons (Fsp3) is 0.700. The molecule has 0 bridgehead atoms. The molecule has 1 rings (SSSR count). The molecule has 0 amide bonds. The minimum absolute atomic E-state index is 0.150. The molecule has 1 aromatic heterocycles. The fourth-order valence-corrected chi connectivity index (χ4v) is 2.91. The van der Waals surface area contributed by atoms with E-state index in [4.69, 9.17) is 0 Å². The van der Waals surface area contributed by atoms with Gasteiger partial charge in [-0.25, -0.2) is 18.1 Å². The molecule has 0 aromatic carbocycles. The molecule has 0 unspecified atom stereocenters. The normalized spacial score (nSPS) is 11.9. The van der Waals surface area contributed by atoms with Gasteiger partial charge >= 0.3 is 0 Å². The van der Waals surface area contributed by atoms with E-state index in [9.17, 15) is 8.42 Å². The predicted molar refractivity (Wildman–Crippen MR) is 70.8 cm³/mol. The Balaban J connectivity index is 2.45. The highest BCUT2D eigenvalue weighted by molar-refractivity contribution is 7.99. The molecule has 0 aliphatic heterocycles. The zero-order valence-corrected chi connectivity index (χ0v) is 11.8. The maximum atomic E-state index is 11.8. The molecule has 0 atom stereocenters. The molecule has 98 valence electrons. The number of nitrogens with one attached hydrogen (secondary N) is 2. The van der Waals surface area contributed by atoms with Crippen LogP contribution in [0.15, 0.2) is 11.2 Å². The van der Waals surface area contributed by atoms with E-state index in [-0.39, 0.29) is 5.03 Å². The van der Waals surface area contributed by atoms with Crippen molar-refractivity contribution in [1.82, 2.24) is 14.7 Å². The molecule has 0 saturated carbocycles. The van der Waals surface area contributed by atoms with Gasteiger partial charge in [0.1, 0.15) is 5.82 Å². The first-order valence-corrected chi connectivity index (χ1v) is 8.35. The Kier molecular flexibility index (Phi) is 6.01. The number of hydrogen-bond acceptors (Lipinski definition) is 4. The standard InChI is InChI=1S/C10H19N3O2S2/c1-3-9-11-8-10(13-9)17(14,15)12-6-5-7-16-4-2/h8,12H,3-7H2,1-2H3,(H,11,13). The monoisotopic (exact) mass is 277 g/mol. The number of hydrogen-bond donors (Lipinski definition) is 2. The first-order valence-electron chi connectivity index (χ1n) is 5.71. The predicted octanol–water partition coefficient (Wildman–Crippen LogP) is 1.39. The van der Waals surface area contributed by atoms with Crippen LogP contribution < -0.4 is 4.72 Å². The van der Waals surface area contributed by atoms with Crippen LogP contribution in [0.3, 0.4) is 0 Å². The second-order valence-corrected chi connectivity index (χ2v) is 6.63. The molecule has 5 nitrogen and oxygen atoms in total. The number of thioether (sulfide) groups is 1. The van der Waals surface area contributed by atoms with Crippen LogP contribution in [-0.4, -0.2) is 36.4 Å². The van der Waals surface area contributed by atoms with Gasteiger partial charge in [0, 0.05) is 13.0 Å². The molecular formula is C10H19N3O2S2. The number of imidazole rings is 1. The van der Waals surface area contributed by atoms with E-state index < -0.39 is 10.0 Å². The van der Waals surface area contributed by atoms with Crippen molar-refractivity contribution < 1.29 is 8.42 Å². The first-order chi connectivity index (χ1) is 8.10. The van der Waals surface area contributed by atoms with Gasteiger partial charge in [-0.05, 0) is 17.9 Å². The van der Waals surface area contributed by atoms with Crippen molar-refractivity contribution in [2.75, 3.05) is 18.1 Å². The lowest BCUT2D eigenvalue weighted by Crippen LogP contribution is -2.25. The zero-order valence-electron chi connectivity index (χ0n) is 10.2. The summed E-state index contributed by atoms with van der Waals surface area (Å²) in [6.07, 6.45) is 2.90. The van der Waals surface area contributed by atoms with Crippen molar-refractivity contribution in [1.29, 1.82) is 0 Å². The number of aromatic amines is 1. The van der Waals surface area contributed by atoms with Gasteiger partial charge in [-0.3, -0.25) is 0 Å². The first kappa shape index (κ1) is 14.5. The molecule has 1 aromatic rings. The Morgan fingerprint density at radius 1 is 1.47 bits per heavy atom. The van der Waals surface area contributed by atoms with E-state index in [1.54, 1.807) is 0 Å². The molecule has 0 aliphatic carbocycles. The third-order valence-corrected chi connectivity index (χ3v) is 4.55. The molecule has 7 heteroatoms. The summed E-state index contributed by atoms with van der Waals surface area (Å²) in [4.78, 5) is 6.77. The van der Waals surface area contributed by atoms with Gasteiger partial charge in [0.25, 0.3) is 10.0 Å². The number of aromatic nitrogens is 2. The Labute approximate surface area is 107 Å². The summed E-state index contributed by atoms with van der Waals surface area (Å²) in [6.45, 7) is 4.48. The van der Waals surface area contributed by atoms with E-state index in [2.05, 4.69) is 21.6 Å². The number of sulfonamides is 1. The fourth-order valence-electron chi connectivity index (χ4n) is 1.26. The van der Waals surface area contributed by atoms with Gasteiger partial charge in [0.05, 0.1) is 6.20 Å². The van der Waals surface area contributed by atoms with Crippen molar-refractivity contribution in [3.8, 4) is 0 Å². The van der Waals surface area contributed by atoms with E-state index >= 15 is 0 Å². The lowest BCUT2D eigenvalue weighted by molar-refractivity contribution is 0.577. The molecule has 0 fully saturated rings. The van der Waals surface area contributed by atoms with Crippen LogP contribution in [-0.2, 0) is 16.4 Å². The van der Waals surface area contributed by atoms with E-state index in [1.807, 2.05) is 18.7 Å². The number of nitrogens with zero attached hydrogens (tertiary/aromatic N) is 1. The van der Waals surface area contributed by atoms with Crippen molar-refractivity contribution in [3.63, 3.8) is 0 Å². The van der Waals surface area contributed by atoms with Crippen molar-refractivity contribution in [2.45, 2.75) is 31.7 Å². The van der Waals surface area contributed by atoms with Crippen LogP contribution in [0.5, 0.6) is 0 Å². The highest BCUT2D eigenvalue weighted by Gasteiger charge is 2.15. The maximum absolute atomic E-state index is 11.8. The third kappa shape index (κ3) is 4.69. The molecule has 2 N–H and O–H groups in total. The minimum atomic E-state index is -3.41. The Morgan fingerprint density at radius 3 is 2.82 bits per heavy atom. The smallest absolute Gasteiger partial charge is 0.257 e. The molecule has 0 radical (unpaired) electrons. The lowest BCUT2D eigenvalue weighted by Gasteiger charge is -2.03. The van der Waals surface area contributed by atoms with Crippen LogP contribution in [0.4, 0.5) is 0 Å². The van der Waals surface area contributed by atoms with Crippen LogP contribution in [0.2, 0.25) is 0 Å². The summed E-state index contributed by atoms with van der Waals surface area (Å²) in [5, 5.41) is 0.150. The summed E-state index contributed by atoms with van der Waals surface area (Å²) in [5.41, 5.74) is 0. The molecule has 1 heterocycles. The van der Waals surface area contributed by atoms with Crippen LogP contribution >= 0.6 is 11.8 Å². The van der Waals surface area contributed by atoms with Crippen LogP contribution in [0, 0.1) is 0 Å². The zero-order chi connectivity index (χ0) is 12.7.